The van der Waals surface area contributed by atoms with Crippen LogP contribution in [0.25, 0.3) is 10.9 Å². The summed E-state index contributed by atoms with van der Waals surface area (Å²) in [5, 5.41) is 1.27. The van der Waals surface area contributed by atoms with E-state index in [1.54, 1.807) is 53.4 Å². The Hall–Kier alpha value is -3.57. The minimum atomic E-state index is -0.288. The van der Waals surface area contributed by atoms with Gasteiger partial charge in [-0.05, 0) is 73.8 Å². The third-order valence-corrected chi connectivity index (χ3v) is 5.54. The molecule has 5 nitrogen and oxygen atoms in total. The van der Waals surface area contributed by atoms with E-state index in [1.807, 2.05) is 38.1 Å². The Balaban J connectivity index is 1.78. The molecule has 0 unspecified atom stereocenters. The Morgan fingerprint density at radius 1 is 1.03 bits per heavy atom. The molecule has 0 atom stereocenters. The van der Waals surface area contributed by atoms with E-state index in [4.69, 9.17) is 16.3 Å². The molecule has 0 aliphatic heterocycles. The van der Waals surface area contributed by atoms with Gasteiger partial charge in [0.2, 0.25) is 0 Å². The molecule has 0 saturated carbocycles. The van der Waals surface area contributed by atoms with E-state index in [9.17, 15) is 9.59 Å². The molecule has 1 heterocycles. The average molecular weight is 447 g/mol. The van der Waals surface area contributed by atoms with Crippen LogP contribution in [-0.4, -0.2) is 17.5 Å². The van der Waals surface area contributed by atoms with E-state index in [-0.39, 0.29) is 18.0 Å². The van der Waals surface area contributed by atoms with Crippen molar-refractivity contribution in [2.75, 3.05) is 11.5 Å². The number of carbonyl (C=O) groups is 1. The number of benzene rings is 3. The minimum Gasteiger partial charge on any atom is -0.494 e. The summed E-state index contributed by atoms with van der Waals surface area (Å²) in [7, 11) is 0. The van der Waals surface area contributed by atoms with Crippen molar-refractivity contribution in [2.45, 2.75) is 20.4 Å². The van der Waals surface area contributed by atoms with Gasteiger partial charge in [0.1, 0.15) is 5.75 Å². The number of hydrogen-bond donors (Lipinski definition) is 1. The fourth-order valence-corrected chi connectivity index (χ4v) is 3.82. The summed E-state index contributed by atoms with van der Waals surface area (Å²) in [5.74, 6) is 0.420. The molecule has 6 heteroatoms. The van der Waals surface area contributed by atoms with E-state index in [2.05, 4.69) is 4.98 Å². The number of anilines is 1. The average Bonchev–Trinajstić information content (AvgIpc) is 2.79. The second kappa shape index (κ2) is 9.28. The molecule has 1 amide bonds. The van der Waals surface area contributed by atoms with Gasteiger partial charge in [-0.1, -0.05) is 35.4 Å². The normalized spacial score (nSPS) is 10.8. The van der Waals surface area contributed by atoms with Crippen LogP contribution in [0.3, 0.4) is 0 Å². The van der Waals surface area contributed by atoms with Crippen LogP contribution in [0.4, 0.5) is 5.69 Å². The van der Waals surface area contributed by atoms with Gasteiger partial charge in [-0.15, -0.1) is 0 Å². The second-order valence-corrected chi connectivity index (χ2v) is 7.92. The Labute approximate surface area is 191 Å². The molecule has 0 radical (unpaired) electrons. The number of nitrogens with one attached hydrogen (secondary N) is 1. The molecule has 0 saturated heterocycles. The quantitative estimate of drug-likeness (QED) is 0.411. The van der Waals surface area contributed by atoms with E-state index in [1.165, 1.54) is 0 Å². The molecule has 1 N–H and O–H groups in total. The van der Waals surface area contributed by atoms with Crippen molar-refractivity contribution >= 4 is 34.1 Å². The number of nitrogens with zero attached hydrogens (tertiary/aromatic N) is 1. The van der Waals surface area contributed by atoms with Gasteiger partial charge in [0.05, 0.1) is 23.7 Å². The molecule has 0 aliphatic rings. The lowest BCUT2D eigenvalue weighted by atomic mass is 10.1. The topological polar surface area (TPSA) is 62.4 Å². The SMILES string of the molecule is CCOc1ccc(N(Cc2cc3cc(C)ccc3[nH]c2=O)C(=O)c2ccccc2Cl)cc1. The molecule has 3 aromatic carbocycles. The first-order valence-electron chi connectivity index (χ1n) is 10.4. The van der Waals surface area contributed by atoms with Gasteiger partial charge in [-0.25, -0.2) is 0 Å². The number of carbonyl (C=O) groups excluding carboxylic acids is 1. The zero-order valence-electron chi connectivity index (χ0n) is 17.9. The number of aromatic amines is 1. The van der Waals surface area contributed by atoms with Gasteiger partial charge in [0.25, 0.3) is 11.5 Å². The zero-order chi connectivity index (χ0) is 22.7. The van der Waals surface area contributed by atoms with Crippen LogP contribution in [0.1, 0.15) is 28.4 Å². The van der Waals surface area contributed by atoms with Crippen LogP contribution in [0.5, 0.6) is 5.75 Å². The maximum absolute atomic E-state index is 13.5. The van der Waals surface area contributed by atoms with Crippen LogP contribution in [0, 0.1) is 6.92 Å². The highest BCUT2D eigenvalue weighted by atomic mass is 35.5. The number of H-pyrrole nitrogens is 1. The lowest BCUT2D eigenvalue weighted by molar-refractivity contribution is 0.0985. The lowest BCUT2D eigenvalue weighted by Gasteiger charge is -2.24. The van der Waals surface area contributed by atoms with Crippen LogP contribution in [0.2, 0.25) is 5.02 Å². The Morgan fingerprint density at radius 2 is 1.78 bits per heavy atom. The predicted molar refractivity (Wildman–Crippen MR) is 129 cm³/mol. The standard InChI is InChI=1S/C26H23ClN2O3/c1-3-32-21-11-9-20(10-12-21)29(26(31)22-6-4-5-7-23(22)27)16-19-15-18-14-17(2)8-13-24(18)28-25(19)30/h4-15H,3,16H2,1-2H3,(H,28,30). The zero-order valence-corrected chi connectivity index (χ0v) is 18.6. The molecule has 4 aromatic rings. The maximum atomic E-state index is 13.5. The van der Waals surface area contributed by atoms with Gasteiger partial charge >= 0.3 is 0 Å². The van der Waals surface area contributed by atoms with Crippen molar-refractivity contribution in [2.24, 2.45) is 0 Å². The molecule has 0 bridgehead atoms. The van der Waals surface area contributed by atoms with E-state index in [0.717, 1.165) is 16.5 Å². The van der Waals surface area contributed by atoms with Gasteiger partial charge in [0.15, 0.2) is 0 Å². The first-order chi connectivity index (χ1) is 15.5. The summed E-state index contributed by atoms with van der Waals surface area (Å²) in [6.45, 7) is 4.55. The van der Waals surface area contributed by atoms with Crippen molar-refractivity contribution in [1.29, 1.82) is 0 Å². The number of amides is 1. The first kappa shape index (κ1) is 21.7. The highest BCUT2D eigenvalue weighted by Crippen LogP contribution is 2.26. The molecule has 1 aromatic heterocycles. The summed E-state index contributed by atoms with van der Waals surface area (Å²) in [4.78, 5) is 30.8. The molecular weight excluding hydrogens is 424 g/mol. The van der Waals surface area contributed by atoms with Crippen LogP contribution in [-0.2, 0) is 6.54 Å². The highest BCUT2D eigenvalue weighted by molar-refractivity contribution is 6.34. The third-order valence-electron chi connectivity index (χ3n) is 5.21. The molecular formula is C26H23ClN2O3. The van der Waals surface area contributed by atoms with Gasteiger partial charge in [-0.3, -0.25) is 9.59 Å². The summed E-state index contributed by atoms with van der Waals surface area (Å²) < 4.78 is 5.52. The smallest absolute Gasteiger partial charge is 0.260 e. The maximum Gasteiger partial charge on any atom is 0.260 e. The molecule has 162 valence electrons. The second-order valence-electron chi connectivity index (χ2n) is 7.51. The van der Waals surface area contributed by atoms with Crippen molar-refractivity contribution in [3.05, 3.63) is 105 Å². The number of aryl methyl sites for hydroxylation is 1. The third kappa shape index (κ3) is 4.53. The van der Waals surface area contributed by atoms with E-state index < -0.39 is 0 Å². The number of pyridine rings is 1. The Kier molecular flexibility index (Phi) is 6.28. The first-order valence-corrected chi connectivity index (χ1v) is 10.8. The van der Waals surface area contributed by atoms with E-state index in [0.29, 0.717) is 34.2 Å². The minimum absolute atomic E-state index is 0.0945. The number of rotatable bonds is 6. The van der Waals surface area contributed by atoms with Crippen LogP contribution >= 0.6 is 11.6 Å². The lowest BCUT2D eigenvalue weighted by Crippen LogP contribution is -2.33. The van der Waals surface area contributed by atoms with Gasteiger partial charge in [0, 0.05) is 16.8 Å². The highest BCUT2D eigenvalue weighted by Gasteiger charge is 2.22. The molecule has 0 spiro atoms. The van der Waals surface area contributed by atoms with E-state index >= 15 is 0 Å². The number of aromatic nitrogens is 1. The number of halogens is 1. The molecule has 0 aliphatic carbocycles. The molecule has 32 heavy (non-hydrogen) atoms. The Morgan fingerprint density at radius 3 is 2.50 bits per heavy atom. The fraction of sp³-hybridized carbons (Fsp3) is 0.154. The van der Waals surface area contributed by atoms with Crippen molar-refractivity contribution in [3.8, 4) is 5.75 Å². The Bertz CT molecular complexity index is 1330. The fourth-order valence-electron chi connectivity index (χ4n) is 3.61. The number of hydrogen-bond acceptors (Lipinski definition) is 3. The monoisotopic (exact) mass is 446 g/mol. The summed E-state index contributed by atoms with van der Waals surface area (Å²) in [6, 6.07) is 21.8. The van der Waals surface area contributed by atoms with Crippen molar-refractivity contribution < 1.29 is 9.53 Å². The summed E-state index contributed by atoms with van der Waals surface area (Å²) in [5.41, 5.74) is 3.11. The summed E-state index contributed by atoms with van der Waals surface area (Å²) in [6.07, 6.45) is 0. The number of fused-ring (bicyclic) bond motifs is 1. The van der Waals surface area contributed by atoms with Gasteiger partial charge in [-0.2, -0.15) is 0 Å². The molecule has 4 rings (SSSR count). The van der Waals surface area contributed by atoms with Crippen LogP contribution in [0.15, 0.2) is 77.6 Å². The van der Waals surface area contributed by atoms with Crippen molar-refractivity contribution in [3.63, 3.8) is 0 Å². The predicted octanol–water partition coefficient (Wildman–Crippen LogP) is 5.74. The molecule has 0 fully saturated rings. The summed E-state index contributed by atoms with van der Waals surface area (Å²) >= 11 is 6.31. The van der Waals surface area contributed by atoms with Crippen molar-refractivity contribution in [1.82, 2.24) is 4.98 Å². The van der Waals surface area contributed by atoms with Crippen LogP contribution < -0.4 is 15.2 Å². The number of ether oxygens (including phenoxy) is 1. The largest absolute Gasteiger partial charge is 0.494 e. The van der Waals surface area contributed by atoms with Gasteiger partial charge < -0.3 is 14.6 Å².